The minimum atomic E-state index is -1.26. The number of ketones is 1. The van der Waals surface area contributed by atoms with Crippen LogP contribution >= 0.6 is 34.9 Å². The van der Waals surface area contributed by atoms with Gasteiger partial charge in [-0.05, 0) is 16.0 Å². The number of β-lactam (4-membered cyclic amide) rings is 1. The molecule has 4 heterocycles. The molecule has 0 aromatic carbocycles. The van der Waals surface area contributed by atoms with Crippen LogP contribution in [-0.2, 0) is 21.4 Å². The van der Waals surface area contributed by atoms with Gasteiger partial charge in [-0.25, -0.2) is 9.48 Å². The molecule has 1 saturated heterocycles. The zero-order valence-corrected chi connectivity index (χ0v) is 18.0. The van der Waals surface area contributed by atoms with Gasteiger partial charge in [0.25, 0.3) is 17.6 Å². The number of nitrogens with one attached hydrogen (secondary N) is 2. The molecule has 2 aliphatic rings. The molecule has 4 rings (SSSR count). The summed E-state index contributed by atoms with van der Waals surface area (Å²) >= 11 is 3.25. The van der Waals surface area contributed by atoms with Crippen LogP contribution in [0, 0.1) is 0 Å². The monoisotopic (exact) mass is 483 g/mol. The maximum Gasteiger partial charge on any atom is 0.352 e. The lowest BCUT2D eigenvalue weighted by Crippen LogP contribution is -2.71. The predicted molar refractivity (Wildman–Crippen MR) is 108 cm³/mol. The third-order valence-corrected chi connectivity index (χ3v) is 7.57. The van der Waals surface area contributed by atoms with Gasteiger partial charge in [-0.2, -0.15) is 0 Å². The number of rotatable bonds is 7. The second-order valence-corrected chi connectivity index (χ2v) is 9.27. The van der Waals surface area contributed by atoms with E-state index < -0.39 is 39.9 Å². The van der Waals surface area contributed by atoms with Crippen LogP contribution in [-0.4, -0.2) is 81.7 Å². The fourth-order valence-electron chi connectivity index (χ4n) is 3.01. The summed E-state index contributed by atoms with van der Waals surface area (Å²) in [4.78, 5) is 62.9. The Kier molecular flexibility index (Phi) is 5.67. The van der Waals surface area contributed by atoms with Gasteiger partial charge in [0.2, 0.25) is 5.16 Å². The van der Waals surface area contributed by atoms with Crippen LogP contribution in [0.2, 0.25) is 0 Å². The van der Waals surface area contributed by atoms with E-state index in [1.807, 2.05) is 0 Å². The second kappa shape index (κ2) is 8.27. The van der Waals surface area contributed by atoms with E-state index in [0.29, 0.717) is 16.5 Å². The van der Waals surface area contributed by atoms with Crippen LogP contribution in [0.3, 0.4) is 0 Å². The number of aromatic amines is 1. The molecular weight excluding hydrogens is 470 g/mol. The van der Waals surface area contributed by atoms with E-state index >= 15 is 0 Å². The van der Waals surface area contributed by atoms with E-state index in [-0.39, 0.29) is 17.1 Å². The Bertz CT molecular complexity index is 1180. The van der Waals surface area contributed by atoms with Gasteiger partial charge in [0.15, 0.2) is 0 Å². The SMILES string of the molecule is Cn1nnnc1SCC1=C(C(=O)O)N2C(=O)C(NC(=O)C(=O)c3csc(=O)[nH]3)[C@@H]2SC1. The molecule has 2 aliphatic heterocycles. The normalized spacial score (nSPS) is 20.3. The van der Waals surface area contributed by atoms with Crippen molar-refractivity contribution in [3.05, 3.63) is 32.0 Å². The van der Waals surface area contributed by atoms with Gasteiger partial charge in [0.05, 0.1) is 0 Å². The third-order valence-electron chi connectivity index (χ3n) is 4.46. The highest BCUT2D eigenvalue weighted by atomic mass is 32.2. The summed E-state index contributed by atoms with van der Waals surface area (Å²) in [5.74, 6) is -3.34. The molecule has 0 saturated carbocycles. The fourth-order valence-corrected chi connectivity index (χ4v) is 5.90. The number of thiazole rings is 1. The van der Waals surface area contributed by atoms with E-state index in [4.69, 9.17) is 0 Å². The maximum atomic E-state index is 12.6. The van der Waals surface area contributed by atoms with E-state index in [1.54, 1.807) is 7.05 Å². The highest BCUT2D eigenvalue weighted by Crippen LogP contribution is 2.41. The highest BCUT2D eigenvalue weighted by molar-refractivity contribution is 8.01. The highest BCUT2D eigenvalue weighted by Gasteiger charge is 2.54. The number of carboxylic acids is 1. The Morgan fingerprint density at radius 3 is 2.77 bits per heavy atom. The summed E-state index contributed by atoms with van der Waals surface area (Å²) in [6.45, 7) is 0. The molecule has 2 aromatic rings. The number of nitrogens with zero attached hydrogens (tertiary/aromatic N) is 5. The molecule has 0 spiro atoms. The van der Waals surface area contributed by atoms with Crippen molar-refractivity contribution < 1.29 is 24.3 Å². The third kappa shape index (κ3) is 3.88. The molecule has 13 nitrogen and oxygen atoms in total. The molecule has 1 fully saturated rings. The average molecular weight is 484 g/mol. The smallest absolute Gasteiger partial charge is 0.352 e. The summed E-state index contributed by atoms with van der Waals surface area (Å²) in [5, 5.41) is 24.1. The second-order valence-electron chi connectivity index (χ2n) is 6.38. The number of tetrazole rings is 1. The van der Waals surface area contributed by atoms with E-state index in [1.165, 1.54) is 33.6 Å². The lowest BCUT2D eigenvalue weighted by atomic mass is 10.0. The van der Waals surface area contributed by atoms with Crippen molar-refractivity contribution in [1.29, 1.82) is 0 Å². The van der Waals surface area contributed by atoms with Gasteiger partial charge in [-0.3, -0.25) is 24.1 Å². The average Bonchev–Trinajstić information content (AvgIpc) is 3.36. The molecule has 162 valence electrons. The fraction of sp³-hybridized carbons (Fsp3) is 0.333. The van der Waals surface area contributed by atoms with Gasteiger partial charge in [-0.1, -0.05) is 23.1 Å². The van der Waals surface area contributed by atoms with Crippen molar-refractivity contribution >= 4 is 58.4 Å². The molecule has 0 radical (unpaired) electrons. The number of H-pyrrole nitrogens is 1. The first-order valence-corrected chi connectivity index (χ1v) is 11.5. The number of thioether (sulfide) groups is 2. The quantitative estimate of drug-likeness (QED) is 0.184. The van der Waals surface area contributed by atoms with Crippen molar-refractivity contribution in [3.8, 4) is 0 Å². The van der Waals surface area contributed by atoms with Crippen molar-refractivity contribution in [2.24, 2.45) is 7.05 Å². The first-order valence-electron chi connectivity index (χ1n) is 8.56. The summed E-state index contributed by atoms with van der Waals surface area (Å²) in [6, 6.07) is -1.04. The standard InChI is InChI=1S/C15H13N7O6S3/c1-21-14(18-19-20-21)30-3-5-2-29-12-7(11(25)22(12)8(5)13(26)27)17-10(24)9(23)6-4-31-15(28)16-6/h4,7,12H,2-3H2,1H3,(H,16,28)(H,17,24)(H,26,27)/t7?,12-/m0/s1. The number of carbonyl (C=O) groups is 4. The van der Waals surface area contributed by atoms with Crippen molar-refractivity contribution in [1.82, 2.24) is 35.4 Å². The molecule has 16 heteroatoms. The summed E-state index contributed by atoms with van der Waals surface area (Å²) < 4.78 is 1.45. The number of carboxylic acid groups (broad SMARTS) is 1. The number of hydrogen-bond donors (Lipinski definition) is 3. The van der Waals surface area contributed by atoms with Gasteiger partial charge >= 0.3 is 10.8 Å². The number of aliphatic carboxylic acids is 1. The number of amides is 2. The maximum absolute atomic E-state index is 12.6. The molecule has 31 heavy (non-hydrogen) atoms. The Morgan fingerprint density at radius 2 is 2.16 bits per heavy atom. The first-order chi connectivity index (χ1) is 14.8. The Balaban J connectivity index is 1.47. The zero-order chi connectivity index (χ0) is 22.3. The van der Waals surface area contributed by atoms with Crippen LogP contribution in [0.15, 0.2) is 26.6 Å². The van der Waals surface area contributed by atoms with E-state index in [0.717, 1.165) is 16.2 Å². The number of carbonyl (C=O) groups excluding carboxylic acids is 3. The van der Waals surface area contributed by atoms with Crippen LogP contribution in [0.1, 0.15) is 10.5 Å². The summed E-state index contributed by atoms with van der Waals surface area (Å²) in [5.41, 5.74) is 0.207. The van der Waals surface area contributed by atoms with Crippen LogP contribution in [0.25, 0.3) is 0 Å². The van der Waals surface area contributed by atoms with Crippen molar-refractivity contribution in [3.63, 3.8) is 0 Å². The molecule has 2 atom stereocenters. The van der Waals surface area contributed by atoms with Crippen molar-refractivity contribution in [2.75, 3.05) is 11.5 Å². The number of fused-ring (bicyclic) bond motifs is 1. The number of aromatic nitrogens is 5. The lowest BCUT2D eigenvalue weighted by Gasteiger charge is -2.49. The molecule has 1 unspecified atom stereocenters. The molecule has 2 aromatic heterocycles. The largest absolute Gasteiger partial charge is 0.477 e. The minimum absolute atomic E-state index is 0.143. The van der Waals surface area contributed by atoms with Gasteiger partial charge < -0.3 is 15.4 Å². The van der Waals surface area contributed by atoms with Gasteiger partial charge in [-0.15, -0.1) is 16.9 Å². The first kappa shape index (κ1) is 21.3. The van der Waals surface area contributed by atoms with Gasteiger partial charge in [0.1, 0.15) is 22.8 Å². The topological polar surface area (TPSA) is 180 Å². The molecule has 0 aliphatic carbocycles. The van der Waals surface area contributed by atoms with Crippen LogP contribution in [0.5, 0.6) is 0 Å². The van der Waals surface area contributed by atoms with E-state index in [2.05, 4.69) is 25.8 Å². The summed E-state index contributed by atoms with van der Waals surface area (Å²) in [7, 11) is 1.65. The Hall–Kier alpha value is -2.98. The Labute approximate surface area is 185 Å². The van der Waals surface area contributed by atoms with Gasteiger partial charge in [0, 0.05) is 23.9 Å². The van der Waals surface area contributed by atoms with Crippen LogP contribution < -0.4 is 10.2 Å². The predicted octanol–water partition coefficient (Wildman–Crippen LogP) is -1.33. The Morgan fingerprint density at radius 1 is 1.39 bits per heavy atom. The molecule has 0 bridgehead atoms. The molecule has 2 amide bonds. The number of aryl methyl sites for hydroxylation is 1. The van der Waals surface area contributed by atoms with E-state index in [9.17, 15) is 29.1 Å². The van der Waals surface area contributed by atoms with Crippen molar-refractivity contribution in [2.45, 2.75) is 16.6 Å². The number of Topliss-reactive ketones (excluding diaryl/α,β-unsaturated/α-hetero) is 1. The van der Waals surface area contributed by atoms with Crippen LogP contribution in [0.4, 0.5) is 0 Å². The molecular formula is C15H13N7O6S3. The minimum Gasteiger partial charge on any atom is -0.477 e. The summed E-state index contributed by atoms with van der Waals surface area (Å²) in [6.07, 6.45) is 0. The zero-order valence-electron chi connectivity index (χ0n) is 15.6. The molecule has 3 N–H and O–H groups in total. The lowest BCUT2D eigenvalue weighted by molar-refractivity contribution is -0.150. The number of hydrogen-bond acceptors (Lipinski definition) is 11.